The van der Waals surface area contributed by atoms with E-state index in [0.717, 1.165) is 18.2 Å². The normalized spacial score (nSPS) is 11.0. The largest absolute Gasteiger partial charge is 0.494 e. The second-order valence-corrected chi connectivity index (χ2v) is 10.1. The predicted octanol–water partition coefficient (Wildman–Crippen LogP) is 7.29. The third kappa shape index (κ3) is 12.1. The number of benzene rings is 3. The van der Waals surface area contributed by atoms with Gasteiger partial charge in [-0.2, -0.15) is 14.0 Å². The van der Waals surface area contributed by atoms with Crippen LogP contribution in [-0.2, 0) is 20.4 Å². The van der Waals surface area contributed by atoms with E-state index in [9.17, 15) is 38.6 Å². The SMILES string of the molecule is N#CCCCOc1ccc(OC(F)(F)c2ccc(C=CC(=O)OCCCCCCOC(=O)c3cc([N+](=O)[O-])cc([N+](=O)[O-])c3)cc2)cc1. The summed E-state index contributed by atoms with van der Waals surface area (Å²) in [5, 5.41) is 30.5. The van der Waals surface area contributed by atoms with Gasteiger partial charge in [0.2, 0.25) is 0 Å². The van der Waals surface area contributed by atoms with Gasteiger partial charge in [0, 0.05) is 24.6 Å². The predicted molar refractivity (Wildman–Crippen MR) is 166 cm³/mol. The van der Waals surface area contributed by atoms with E-state index in [4.69, 9.17) is 24.2 Å². The van der Waals surface area contributed by atoms with E-state index < -0.39 is 39.3 Å². The van der Waals surface area contributed by atoms with E-state index in [1.807, 2.05) is 6.07 Å². The number of nitro groups is 2. The van der Waals surface area contributed by atoms with Crippen LogP contribution in [0.25, 0.3) is 6.08 Å². The lowest BCUT2D eigenvalue weighted by molar-refractivity contribution is -0.394. The molecule has 0 aromatic heterocycles. The summed E-state index contributed by atoms with van der Waals surface area (Å²) in [6.07, 6.45) is 2.10. The lowest BCUT2D eigenvalue weighted by atomic mass is 10.1. The van der Waals surface area contributed by atoms with Crippen molar-refractivity contribution in [2.24, 2.45) is 0 Å². The number of hydrogen-bond donors (Lipinski definition) is 0. The summed E-state index contributed by atoms with van der Waals surface area (Å²) in [6.45, 7) is 0.445. The van der Waals surface area contributed by atoms with E-state index in [-0.39, 0.29) is 30.1 Å². The highest BCUT2D eigenvalue weighted by atomic mass is 19.3. The zero-order valence-electron chi connectivity index (χ0n) is 25.5. The number of nitriles is 1. The van der Waals surface area contributed by atoms with Crippen LogP contribution in [0.5, 0.6) is 11.5 Å². The summed E-state index contributed by atoms with van der Waals surface area (Å²) >= 11 is 0. The number of nitrogens with zero attached hydrogens (tertiary/aromatic N) is 3. The van der Waals surface area contributed by atoms with Gasteiger partial charge in [-0.3, -0.25) is 20.2 Å². The number of ether oxygens (including phenoxy) is 4. The summed E-state index contributed by atoms with van der Waals surface area (Å²) in [7, 11) is 0. The molecular formula is C33H31F2N3O10. The quantitative estimate of drug-likeness (QED) is 0.0412. The Morgan fingerprint density at radius 1 is 0.792 bits per heavy atom. The number of halogens is 2. The molecule has 15 heteroatoms. The van der Waals surface area contributed by atoms with Crippen molar-refractivity contribution in [1.29, 1.82) is 5.26 Å². The summed E-state index contributed by atoms with van der Waals surface area (Å²) < 4.78 is 49.9. The van der Waals surface area contributed by atoms with Gasteiger partial charge >= 0.3 is 18.0 Å². The minimum absolute atomic E-state index is 0.0110. The minimum atomic E-state index is -3.62. The summed E-state index contributed by atoms with van der Waals surface area (Å²) in [6, 6.07) is 15.5. The molecule has 0 aliphatic rings. The van der Waals surface area contributed by atoms with E-state index in [0.29, 0.717) is 56.4 Å². The Hall–Kier alpha value is -5.91. The number of non-ortho nitro benzene ring substituents is 2. The smallest absolute Gasteiger partial charge is 0.426 e. The maximum atomic E-state index is 14.7. The molecule has 0 radical (unpaired) electrons. The van der Waals surface area contributed by atoms with Gasteiger partial charge in [0.25, 0.3) is 11.4 Å². The minimum Gasteiger partial charge on any atom is -0.494 e. The van der Waals surface area contributed by atoms with Crippen molar-refractivity contribution in [2.45, 2.75) is 44.6 Å². The zero-order valence-corrected chi connectivity index (χ0v) is 25.5. The molecule has 3 rings (SSSR count). The van der Waals surface area contributed by atoms with Crippen LogP contribution in [0.3, 0.4) is 0 Å². The molecule has 13 nitrogen and oxygen atoms in total. The molecule has 0 spiro atoms. The van der Waals surface area contributed by atoms with Crippen LogP contribution < -0.4 is 9.47 Å². The first-order chi connectivity index (χ1) is 23.0. The first kappa shape index (κ1) is 36.6. The number of carbonyl (C=O) groups is 2. The second kappa shape index (κ2) is 18.3. The fourth-order valence-electron chi connectivity index (χ4n) is 4.06. The van der Waals surface area contributed by atoms with E-state index in [1.165, 1.54) is 60.7 Å². The molecule has 0 atom stereocenters. The standard InChI is InChI=1S/C33H31F2N3O10/c34-33(35,48-30-14-12-29(13-15-30)45-18-6-3-17-36)26-10-7-24(8-11-26)9-16-31(39)46-19-4-1-2-5-20-47-32(40)25-21-27(37(41)42)23-28(22-25)38(43)44/h7-16,21-23H,1-6,18-20H2. The first-order valence-corrected chi connectivity index (χ1v) is 14.7. The van der Waals surface area contributed by atoms with Gasteiger partial charge in [0.15, 0.2) is 0 Å². The molecule has 0 unspecified atom stereocenters. The van der Waals surface area contributed by atoms with Crippen LogP contribution in [0.1, 0.15) is 60.0 Å². The monoisotopic (exact) mass is 667 g/mol. The molecule has 3 aromatic rings. The first-order valence-electron chi connectivity index (χ1n) is 14.7. The van der Waals surface area contributed by atoms with Crippen LogP contribution in [0.15, 0.2) is 72.8 Å². The Morgan fingerprint density at radius 2 is 1.38 bits per heavy atom. The highest BCUT2D eigenvalue weighted by molar-refractivity contribution is 5.91. The van der Waals surface area contributed by atoms with Crippen LogP contribution in [0.4, 0.5) is 20.2 Å². The van der Waals surface area contributed by atoms with Crippen molar-refractivity contribution in [3.63, 3.8) is 0 Å². The van der Waals surface area contributed by atoms with Crippen LogP contribution in [-0.4, -0.2) is 41.6 Å². The highest BCUT2D eigenvalue weighted by Gasteiger charge is 2.34. The maximum absolute atomic E-state index is 14.7. The highest BCUT2D eigenvalue weighted by Crippen LogP contribution is 2.32. The van der Waals surface area contributed by atoms with Crippen molar-refractivity contribution in [1.82, 2.24) is 0 Å². The molecule has 0 saturated carbocycles. The number of rotatable bonds is 19. The molecule has 252 valence electrons. The van der Waals surface area contributed by atoms with Crippen molar-refractivity contribution in [3.8, 4) is 17.6 Å². The fourth-order valence-corrected chi connectivity index (χ4v) is 4.06. The summed E-state index contributed by atoms with van der Waals surface area (Å²) in [4.78, 5) is 44.4. The Morgan fingerprint density at radius 3 is 1.96 bits per heavy atom. The van der Waals surface area contributed by atoms with E-state index in [1.54, 1.807) is 0 Å². The second-order valence-electron chi connectivity index (χ2n) is 10.1. The number of hydrogen-bond acceptors (Lipinski definition) is 11. The summed E-state index contributed by atoms with van der Waals surface area (Å²) in [5.41, 5.74) is -1.39. The number of alkyl halides is 2. The zero-order chi connectivity index (χ0) is 34.9. The molecule has 3 aromatic carbocycles. The van der Waals surface area contributed by atoms with Gasteiger partial charge in [0.05, 0.1) is 52.9 Å². The van der Waals surface area contributed by atoms with E-state index in [2.05, 4.69) is 0 Å². The molecule has 0 N–H and O–H groups in total. The third-order valence-corrected chi connectivity index (χ3v) is 6.51. The maximum Gasteiger partial charge on any atom is 0.426 e. The third-order valence-electron chi connectivity index (χ3n) is 6.51. The van der Waals surface area contributed by atoms with Crippen molar-refractivity contribution in [3.05, 3.63) is 110 Å². The van der Waals surface area contributed by atoms with Crippen LogP contribution >= 0.6 is 0 Å². The van der Waals surface area contributed by atoms with Gasteiger partial charge < -0.3 is 18.9 Å². The Labute approximate surface area is 273 Å². The topological polar surface area (TPSA) is 181 Å². The molecule has 48 heavy (non-hydrogen) atoms. The van der Waals surface area contributed by atoms with Gasteiger partial charge in [-0.25, -0.2) is 9.59 Å². The molecule has 0 aliphatic carbocycles. The average Bonchev–Trinajstić information content (AvgIpc) is 3.07. The average molecular weight is 668 g/mol. The number of unbranched alkanes of at least 4 members (excludes halogenated alkanes) is 4. The molecular weight excluding hydrogens is 636 g/mol. The molecule has 0 heterocycles. The lowest BCUT2D eigenvalue weighted by Gasteiger charge is -2.18. The van der Waals surface area contributed by atoms with Gasteiger partial charge in [-0.1, -0.05) is 12.1 Å². The van der Waals surface area contributed by atoms with Gasteiger partial charge in [-0.05, 0) is 80.1 Å². The molecule has 0 amide bonds. The molecule has 0 bridgehead atoms. The van der Waals surface area contributed by atoms with Gasteiger partial charge in [0.1, 0.15) is 11.5 Å². The lowest BCUT2D eigenvalue weighted by Crippen LogP contribution is -2.21. The molecule has 0 fully saturated rings. The summed E-state index contributed by atoms with van der Waals surface area (Å²) in [5.74, 6) is -1.13. The molecule has 0 saturated heterocycles. The molecule has 0 aliphatic heterocycles. The number of esters is 2. The Kier molecular flexibility index (Phi) is 13.9. The Balaban J connectivity index is 1.33. The van der Waals surface area contributed by atoms with Gasteiger partial charge in [-0.15, -0.1) is 0 Å². The van der Waals surface area contributed by atoms with Crippen LogP contribution in [0, 0.1) is 31.6 Å². The number of carbonyl (C=O) groups excluding carboxylic acids is 2. The van der Waals surface area contributed by atoms with Crippen molar-refractivity contribution >= 4 is 29.4 Å². The fraction of sp³-hybridized carbons (Fsp3) is 0.303. The van der Waals surface area contributed by atoms with Crippen LogP contribution in [0.2, 0.25) is 0 Å². The number of nitro benzene ring substituents is 2. The Bertz CT molecular complexity index is 1610. The van der Waals surface area contributed by atoms with Crippen molar-refractivity contribution < 1.29 is 47.2 Å². The van der Waals surface area contributed by atoms with E-state index >= 15 is 0 Å². The van der Waals surface area contributed by atoms with Crippen molar-refractivity contribution in [2.75, 3.05) is 19.8 Å².